The lowest BCUT2D eigenvalue weighted by Crippen LogP contribution is -2.32. The van der Waals surface area contributed by atoms with Crippen molar-refractivity contribution in [2.24, 2.45) is 0 Å². The maximum absolute atomic E-state index is 12.8. The highest BCUT2D eigenvalue weighted by molar-refractivity contribution is 5.70. The number of para-hydroxylation sites is 2. The number of H-pyrrole nitrogens is 1. The minimum atomic E-state index is -0.197. The van der Waals surface area contributed by atoms with Gasteiger partial charge in [-0.15, -0.1) is 0 Å². The van der Waals surface area contributed by atoms with Crippen LogP contribution in [-0.4, -0.2) is 4.98 Å². The van der Waals surface area contributed by atoms with Crippen LogP contribution in [0.2, 0.25) is 0 Å². The van der Waals surface area contributed by atoms with Crippen LogP contribution in [0.4, 0.5) is 4.39 Å². The quantitative estimate of drug-likeness (QED) is 0.649. The van der Waals surface area contributed by atoms with E-state index in [1.54, 1.807) is 0 Å². The van der Waals surface area contributed by atoms with Gasteiger partial charge in [0.15, 0.2) is 11.0 Å². The van der Waals surface area contributed by atoms with Gasteiger partial charge in [-0.3, -0.25) is 0 Å². The molecular formula is C14H12FN2+. The van der Waals surface area contributed by atoms with Crippen LogP contribution in [0.15, 0.2) is 54.9 Å². The third-order valence-electron chi connectivity index (χ3n) is 2.86. The SMILES string of the molecule is Fc1ccc(C[n+]2c[nH]c3ccccc32)cc1. The van der Waals surface area contributed by atoms with Crippen LogP contribution in [0.25, 0.3) is 11.0 Å². The number of aromatic nitrogens is 2. The molecule has 0 aliphatic heterocycles. The molecule has 1 aromatic heterocycles. The number of hydrogen-bond donors (Lipinski definition) is 1. The highest BCUT2D eigenvalue weighted by atomic mass is 19.1. The standard InChI is InChI=1S/C14H11FN2/c15-12-7-5-11(6-8-12)9-17-10-16-13-3-1-2-4-14(13)17/h1-8,10H,9H2/p+1. The summed E-state index contributed by atoms with van der Waals surface area (Å²) in [5.41, 5.74) is 3.34. The summed E-state index contributed by atoms with van der Waals surface area (Å²) in [4.78, 5) is 3.21. The Hall–Kier alpha value is -2.16. The second kappa shape index (κ2) is 4.01. The van der Waals surface area contributed by atoms with Crippen LogP contribution < -0.4 is 4.57 Å². The molecule has 3 rings (SSSR count). The van der Waals surface area contributed by atoms with E-state index in [-0.39, 0.29) is 5.82 Å². The number of nitrogens with zero attached hydrogens (tertiary/aromatic N) is 1. The second-order valence-electron chi connectivity index (χ2n) is 4.04. The maximum Gasteiger partial charge on any atom is 0.242 e. The molecule has 0 unspecified atom stereocenters. The van der Waals surface area contributed by atoms with Crippen molar-refractivity contribution in [3.8, 4) is 0 Å². The van der Waals surface area contributed by atoms with Crippen molar-refractivity contribution in [3.63, 3.8) is 0 Å². The number of fused-ring (bicyclic) bond motifs is 1. The summed E-state index contributed by atoms with van der Waals surface area (Å²) in [6.45, 7) is 0.740. The topological polar surface area (TPSA) is 19.7 Å². The highest BCUT2D eigenvalue weighted by Gasteiger charge is 2.08. The summed E-state index contributed by atoms with van der Waals surface area (Å²) in [5, 5.41) is 0. The molecule has 1 N–H and O–H groups in total. The predicted molar refractivity (Wildman–Crippen MR) is 64.0 cm³/mol. The Morgan fingerprint density at radius 2 is 1.76 bits per heavy atom. The van der Waals surface area contributed by atoms with Crippen molar-refractivity contribution in [3.05, 3.63) is 66.2 Å². The first-order valence-electron chi connectivity index (χ1n) is 5.53. The maximum atomic E-state index is 12.8. The number of benzene rings is 2. The van der Waals surface area contributed by atoms with Gasteiger partial charge in [0.25, 0.3) is 0 Å². The van der Waals surface area contributed by atoms with E-state index < -0.39 is 0 Å². The first kappa shape index (κ1) is 10.0. The van der Waals surface area contributed by atoms with E-state index in [2.05, 4.69) is 15.6 Å². The summed E-state index contributed by atoms with van der Waals surface area (Å²) in [6.07, 6.45) is 1.94. The summed E-state index contributed by atoms with van der Waals surface area (Å²) in [5.74, 6) is -0.197. The normalized spacial score (nSPS) is 10.9. The van der Waals surface area contributed by atoms with E-state index in [4.69, 9.17) is 0 Å². The number of imidazole rings is 1. The molecule has 0 aliphatic carbocycles. The Balaban J connectivity index is 1.97. The number of halogens is 1. The van der Waals surface area contributed by atoms with Gasteiger partial charge in [0, 0.05) is 0 Å². The number of hydrogen-bond acceptors (Lipinski definition) is 0. The second-order valence-corrected chi connectivity index (χ2v) is 4.04. The summed E-state index contributed by atoms with van der Waals surface area (Å²) < 4.78 is 14.9. The van der Waals surface area contributed by atoms with Crippen LogP contribution in [0.3, 0.4) is 0 Å². The fourth-order valence-electron chi connectivity index (χ4n) is 1.98. The van der Waals surface area contributed by atoms with Gasteiger partial charge in [-0.25, -0.2) is 13.9 Å². The van der Waals surface area contributed by atoms with Crippen molar-refractivity contribution in [1.82, 2.24) is 4.98 Å². The van der Waals surface area contributed by atoms with Crippen molar-refractivity contribution in [2.45, 2.75) is 6.54 Å². The Labute approximate surface area is 98.3 Å². The molecule has 0 saturated carbocycles. The molecule has 1 heterocycles. The monoisotopic (exact) mass is 227 g/mol. The van der Waals surface area contributed by atoms with Crippen LogP contribution in [0.1, 0.15) is 5.56 Å². The number of nitrogens with one attached hydrogen (secondary N) is 1. The van der Waals surface area contributed by atoms with Gasteiger partial charge in [-0.2, -0.15) is 0 Å². The molecule has 0 bridgehead atoms. The molecule has 0 amide bonds. The van der Waals surface area contributed by atoms with Gasteiger partial charge >= 0.3 is 0 Å². The van der Waals surface area contributed by atoms with Gasteiger partial charge in [-0.05, 0) is 29.8 Å². The van der Waals surface area contributed by atoms with Crippen LogP contribution in [0.5, 0.6) is 0 Å². The van der Waals surface area contributed by atoms with Crippen LogP contribution in [0, 0.1) is 5.82 Å². The Morgan fingerprint density at radius 3 is 2.59 bits per heavy atom. The Morgan fingerprint density at radius 1 is 1.00 bits per heavy atom. The zero-order valence-electron chi connectivity index (χ0n) is 9.23. The highest BCUT2D eigenvalue weighted by Crippen LogP contribution is 2.07. The minimum Gasteiger partial charge on any atom is -0.243 e. The average molecular weight is 227 g/mol. The molecule has 84 valence electrons. The predicted octanol–water partition coefficient (Wildman–Crippen LogP) is 2.64. The molecule has 0 fully saturated rings. The molecule has 0 saturated heterocycles. The van der Waals surface area contributed by atoms with Gasteiger partial charge in [0.2, 0.25) is 6.33 Å². The molecule has 3 heteroatoms. The van der Waals surface area contributed by atoms with E-state index in [0.29, 0.717) is 0 Å². The smallest absolute Gasteiger partial charge is 0.242 e. The largest absolute Gasteiger partial charge is 0.243 e. The average Bonchev–Trinajstić information content (AvgIpc) is 2.76. The fourth-order valence-corrected chi connectivity index (χ4v) is 1.98. The molecule has 2 aromatic carbocycles. The van der Waals surface area contributed by atoms with E-state index in [9.17, 15) is 4.39 Å². The van der Waals surface area contributed by atoms with Crippen LogP contribution >= 0.6 is 0 Å². The van der Waals surface area contributed by atoms with Crippen molar-refractivity contribution in [1.29, 1.82) is 0 Å². The van der Waals surface area contributed by atoms with Crippen molar-refractivity contribution < 1.29 is 8.96 Å². The summed E-state index contributed by atoms with van der Waals surface area (Å²) >= 11 is 0. The third-order valence-corrected chi connectivity index (χ3v) is 2.86. The first-order chi connectivity index (χ1) is 8.33. The zero-order chi connectivity index (χ0) is 11.7. The van der Waals surface area contributed by atoms with E-state index in [0.717, 1.165) is 23.1 Å². The third kappa shape index (κ3) is 1.91. The van der Waals surface area contributed by atoms with Crippen molar-refractivity contribution >= 4 is 11.0 Å². The summed E-state index contributed by atoms with van der Waals surface area (Å²) in [6, 6.07) is 14.7. The lowest BCUT2D eigenvalue weighted by Gasteiger charge is -1.98. The van der Waals surface area contributed by atoms with Crippen molar-refractivity contribution in [2.75, 3.05) is 0 Å². The van der Waals surface area contributed by atoms with E-state index >= 15 is 0 Å². The first-order valence-corrected chi connectivity index (χ1v) is 5.53. The lowest BCUT2D eigenvalue weighted by atomic mass is 10.2. The number of aromatic amines is 1. The molecular weight excluding hydrogens is 215 g/mol. The molecule has 17 heavy (non-hydrogen) atoms. The molecule has 0 atom stereocenters. The Bertz CT molecular complexity index is 641. The minimum absolute atomic E-state index is 0.197. The Kier molecular flexibility index (Phi) is 2.37. The molecule has 0 spiro atoms. The van der Waals surface area contributed by atoms with Gasteiger partial charge in [-0.1, -0.05) is 24.3 Å². The van der Waals surface area contributed by atoms with Crippen LogP contribution in [-0.2, 0) is 6.54 Å². The molecule has 3 aromatic rings. The number of rotatable bonds is 2. The van der Waals surface area contributed by atoms with Gasteiger partial charge in [0.05, 0.1) is 0 Å². The summed E-state index contributed by atoms with van der Waals surface area (Å²) in [7, 11) is 0. The molecule has 0 aliphatic rings. The fraction of sp³-hybridized carbons (Fsp3) is 0.0714. The van der Waals surface area contributed by atoms with E-state index in [1.807, 2.05) is 36.7 Å². The van der Waals surface area contributed by atoms with Gasteiger partial charge < -0.3 is 0 Å². The lowest BCUT2D eigenvalue weighted by molar-refractivity contribution is -0.662. The molecule has 0 radical (unpaired) electrons. The van der Waals surface area contributed by atoms with Gasteiger partial charge in [0.1, 0.15) is 12.4 Å². The zero-order valence-corrected chi connectivity index (χ0v) is 9.23. The molecule has 2 nitrogen and oxygen atoms in total. The van der Waals surface area contributed by atoms with E-state index in [1.165, 1.54) is 12.1 Å².